The average molecular weight is 415 g/mol. The van der Waals surface area contributed by atoms with E-state index in [-0.39, 0.29) is 11.8 Å². The van der Waals surface area contributed by atoms with Crippen LogP contribution in [0.5, 0.6) is 0 Å². The first-order valence-corrected chi connectivity index (χ1v) is 10.5. The zero-order chi connectivity index (χ0) is 21.3. The maximum absolute atomic E-state index is 13.3. The van der Waals surface area contributed by atoms with Gasteiger partial charge >= 0.3 is 0 Å². The minimum atomic E-state index is -0.346. The number of hydrogen-bond donors (Lipinski definition) is 1. The third-order valence-corrected chi connectivity index (χ3v) is 6.07. The first kappa shape index (κ1) is 20.0. The third kappa shape index (κ3) is 3.89. The summed E-state index contributed by atoms with van der Waals surface area (Å²) in [5.74, 6) is -0.660. The summed E-state index contributed by atoms with van der Waals surface area (Å²) in [5.41, 5.74) is 4.89. The van der Waals surface area contributed by atoms with Crippen LogP contribution in [0.1, 0.15) is 16.7 Å². The maximum Gasteiger partial charge on any atom is 0.283 e. The molecular weight excluding hydrogens is 392 g/mol. The highest BCUT2D eigenvalue weighted by Crippen LogP contribution is 2.38. The van der Waals surface area contributed by atoms with E-state index in [1.807, 2.05) is 81.4 Å². The molecule has 1 heterocycles. The predicted molar refractivity (Wildman–Crippen MR) is 123 cm³/mol. The average Bonchev–Trinajstić information content (AvgIpc) is 2.96. The van der Waals surface area contributed by atoms with Gasteiger partial charge in [-0.2, -0.15) is 0 Å². The van der Waals surface area contributed by atoms with Crippen molar-refractivity contribution in [2.75, 3.05) is 10.2 Å². The van der Waals surface area contributed by atoms with E-state index in [9.17, 15) is 9.59 Å². The van der Waals surface area contributed by atoms with Gasteiger partial charge in [-0.05, 0) is 56.7 Å². The largest absolute Gasteiger partial charge is 0.350 e. The Morgan fingerprint density at radius 2 is 1.33 bits per heavy atom. The molecule has 0 bridgehead atoms. The molecule has 4 nitrogen and oxygen atoms in total. The minimum Gasteiger partial charge on any atom is -0.350 e. The molecule has 2 amide bonds. The van der Waals surface area contributed by atoms with Crippen molar-refractivity contribution < 1.29 is 9.59 Å². The Balaban J connectivity index is 1.75. The Hall–Kier alpha value is -3.31. The highest BCUT2D eigenvalue weighted by molar-refractivity contribution is 8.04. The number of nitrogens with one attached hydrogen (secondary N) is 1. The predicted octanol–water partition coefficient (Wildman–Crippen LogP) is 5.60. The van der Waals surface area contributed by atoms with E-state index in [0.29, 0.717) is 16.3 Å². The van der Waals surface area contributed by atoms with E-state index < -0.39 is 0 Å². The molecule has 0 unspecified atom stereocenters. The monoisotopic (exact) mass is 414 g/mol. The van der Waals surface area contributed by atoms with Crippen molar-refractivity contribution in [1.29, 1.82) is 0 Å². The van der Waals surface area contributed by atoms with Crippen LogP contribution in [0.3, 0.4) is 0 Å². The number of benzene rings is 3. The van der Waals surface area contributed by atoms with Crippen molar-refractivity contribution in [1.82, 2.24) is 0 Å². The summed E-state index contributed by atoms with van der Waals surface area (Å²) in [6.45, 7) is 5.95. The molecule has 1 aliphatic rings. The Morgan fingerprint density at radius 1 is 0.733 bits per heavy atom. The Kier molecular flexibility index (Phi) is 5.46. The van der Waals surface area contributed by atoms with Gasteiger partial charge < -0.3 is 5.32 Å². The fourth-order valence-electron chi connectivity index (χ4n) is 3.21. The first-order valence-electron chi connectivity index (χ1n) is 9.71. The number of aryl methyl sites for hydroxylation is 3. The molecule has 0 fully saturated rings. The number of amides is 2. The normalized spacial score (nSPS) is 13.9. The topological polar surface area (TPSA) is 49.4 Å². The van der Waals surface area contributed by atoms with Gasteiger partial charge in [-0.1, -0.05) is 65.4 Å². The molecular formula is C25H22N2O2S. The molecule has 0 saturated carbocycles. The standard InChI is InChI=1S/C25H22N2O2S/c1-16-8-12-19(13-9-16)27-24(28)22(26-21-7-5-4-6-18(21)3)23(25(27)29)30-20-14-10-17(2)11-15-20/h4-15,26H,1-3H3. The number of imide groups is 1. The first-order chi connectivity index (χ1) is 14.4. The van der Waals surface area contributed by atoms with Crippen LogP contribution in [0.25, 0.3) is 0 Å². The van der Waals surface area contributed by atoms with Crippen LogP contribution in [0, 0.1) is 20.8 Å². The molecule has 0 radical (unpaired) electrons. The molecule has 5 heteroatoms. The van der Waals surface area contributed by atoms with Crippen molar-refractivity contribution in [2.45, 2.75) is 25.7 Å². The van der Waals surface area contributed by atoms with Crippen molar-refractivity contribution in [3.05, 3.63) is 100 Å². The molecule has 0 spiro atoms. The molecule has 3 aromatic rings. The molecule has 4 rings (SSSR count). The molecule has 0 aliphatic carbocycles. The number of carbonyl (C=O) groups excluding carboxylic acids is 2. The lowest BCUT2D eigenvalue weighted by Gasteiger charge is -2.16. The fraction of sp³-hybridized carbons (Fsp3) is 0.120. The zero-order valence-corrected chi connectivity index (χ0v) is 17.9. The lowest BCUT2D eigenvalue weighted by Crippen LogP contribution is -2.32. The molecule has 1 aliphatic heterocycles. The van der Waals surface area contributed by atoms with E-state index in [1.165, 1.54) is 16.7 Å². The smallest absolute Gasteiger partial charge is 0.283 e. The second-order valence-electron chi connectivity index (χ2n) is 7.34. The highest BCUT2D eigenvalue weighted by atomic mass is 32.2. The van der Waals surface area contributed by atoms with E-state index >= 15 is 0 Å². The van der Waals surface area contributed by atoms with Gasteiger partial charge in [0.05, 0.1) is 5.69 Å². The minimum absolute atomic E-state index is 0.306. The van der Waals surface area contributed by atoms with E-state index in [0.717, 1.165) is 27.3 Å². The molecule has 3 aromatic carbocycles. The molecule has 0 aromatic heterocycles. The van der Waals surface area contributed by atoms with Crippen LogP contribution < -0.4 is 10.2 Å². The lowest BCUT2D eigenvalue weighted by atomic mass is 10.2. The number of hydrogen-bond acceptors (Lipinski definition) is 4. The van der Waals surface area contributed by atoms with Crippen LogP contribution in [0.4, 0.5) is 11.4 Å². The van der Waals surface area contributed by atoms with Crippen molar-refractivity contribution in [3.8, 4) is 0 Å². The molecule has 0 saturated heterocycles. The van der Waals surface area contributed by atoms with Crippen LogP contribution in [0.15, 0.2) is 88.3 Å². The van der Waals surface area contributed by atoms with Gasteiger partial charge in [0.1, 0.15) is 10.6 Å². The van der Waals surface area contributed by atoms with Gasteiger partial charge in [-0.25, -0.2) is 4.90 Å². The van der Waals surface area contributed by atoms with Crippen molar-refractivity contribution in [3.63, 3.8) is 0 Å². The Labute approximate surface area is 180 Å². The van der Waals surface area contributed by atoms with Crippen LogP contribution in [0.2, 0.25) is 0 Å². The van der Waals surface area contributed by atoms with Crippen LogP contribution in [-0.4, -0.2) is 11.8 Å². The van der Waals surface area contributed by atoms with E-state index in [1.54, 1.807) is 12.1 Å². The third-order valence-electron chi connectivity index (χ3n) is 4.98. The van der Waals surface area contributed by atoms with Gasteiger partial charge in [-0.3, -0.25) is 9.59 Å². The summed E-state index contributed by atoms with van der Waals surface area (Å²) in [7, 11) is 0. The fourth-order valence-corrected chi connectivity index (χ4v) is 4.14. The highest BCUT2D eigenvalue weighted by Gasteiger charge is 2.40. The van der Waals surface area contributed by atoms with Gasteiger partial charge in [-0.15, -0.1) is 0 Å². The number of para-hydroxylation sites is 1. The van der Waals surface area contributed by atoms with Crippen LogP contribution in [-0.2, 0) is 9.59 Å². The number of anilines is 2. The molecule has 30 heavy (non-hydrogen) atoms. The number of thioether (sulfide) groups is 1. The van der Waals surface area contributed by atoms with Gasteiger partial charge in [0.15, 0.2) is 0 Å². The van der Waals surface area contributed by atoms with Gasteiger partial charge in [0, 0.05) is 10.6 Å². The SMILES string of the molecule is Cc1ccc(SC2=C(Nc3ccccc3C)C(=O)N(c3ccc(C)cc3)C2=O)cc1. The van der Waals surface area contributed by atoms with Crippen LogP contribution >= 0.6 is 11.8 Å². The second-order valence-corrected chi connectivity index (χ2v) is 8.42. The summed E-state index contributed by atoms with van der Waals surface area (Å²) >= 11 is 1.31. The molecule has 1 N–H and O–H groups in total. The Morgan fingerprint density at radius 3 is 1.97 bits per heavy atom. The quantitative estimate of drug-likeness (QED) is 0.552. The molecule has 0 atom stereocenters. The second kappa shape index (κ2) is 8.20. The maximum atomic E-state index is 13.3. The number of rotatable bonds is 5. The number of carbonyl (C=O) groups is 2. The zero-order valence-electron chi connectivity index (χ0n) is 17.1. The molecule has 150 valence electrons. The summed E-state index contributed by atoms with van der Waals surface area (Å²) in [4.78, 5) is 29.2. The van der Waals surface area contributed by atoms with E-state index in [2.05, 4.69) is 5.32 Å². The summed E-state index contributed by atoms with van der Waals surface area (Å²) < 4.78 is 0. The Bertz CT molecular complexity index is 1150. The van der Waals surface area contributed by atoms with Crippen molar-refractivity contribution in [2.24, 2.45) is 0 Å². The van der Waals surface area contributed by atoms with Crippen molar-refractivity contribution >= 4 is 35.0 Å². The summed E-state index contributed by atoms with van der Waals surface area (Å²) in [5, 5.41) is 3.23. The lowest BCUT2D eigenvalue weighted by molar-refractivity contribution is -0.120. The van der Waals surface area contributed by atoms with Gasteiger partial charge in [0.25, 0.3) is 11.8 Å². The summed E-state index contributed by atoms with van der Waals surface area (Å²) in [6, 6.07) is 23.0. The number of nitrogens with zero attached hydrogens (tertiary/aromatic N) is 1. The van der Waals surface area contributed by atoms with E-state index in [4.69, 9.17) is 0 Å². The summed E-state index contributed by atoms with van der Waals surface area (Å²) in [6.07, 6.45) is 0. The van der Waals surface area contributed by atoms with Gasteiger partial charge in [0.2, 0.25) is 0 Å².